The van der Waals surface area contributed by atoms with E-state index in [9.17, 15) is 22.8 Å². The van der Waals surface area contributed by atoms with Gasteiger partial charge in [-0.05, 0) is 86.6 Å². The molecule has 11 heteroatoms. The fourth-order valence-electron chi connectivity index (χ4n) is 3.93. The average Bonchev–Trinajstić information content (AvgIpc) is 2.74. The van der Waals surface area contributed by atoms with Crippen LogP contribution in [0.5, 0.6) is 0 Å². The van der Waals surface area contributed by atoms with Gasteiger partial charge in [0.25, 0.3) is 5.56 Å². The minimum atomic E-state index is -4.24. The SMILES string of the molecule is CC(C)(C)NC(=O)OCc1nc(C2CCC(C(F)(F)F)CC2)n(-c2ccc(Cl)cc2)c(=O)c1Br. The lowest BCUT2D eigenvalue weighted by Gasteiger charge is -2.31. The van der Waals surface area contributed by atoms with Gasteiger partial charge >= 0.3 is 12.3 Å². The lowest BCUT2D eigenvalue weighted by molar-refractivity contribution is -0.182. The molecule has 186 valence electrons. The Bertz CT molecular complexity index is 1090. The standard InChI is InChI=1S/C23H26BrClF3N3O3/c1-22(2,3)30-21(33)34-12-17-18(24)20(32)31(16-10-8-15(25)9-11-16)19(29-17)13-4-6-14(7-5-13)23(26,27)28/h8-11,13-14H,4-7,12H2,1-3H3,(H,30,33). The molecule has 1 heterocycles. The van der Waals surface area contributed by atoms with E-state index in [0.29, 0.717) is 16.5 Å². The van der Waals surface area contributed by atoms with Crippen LogP contribution in [0.1, 0.15) is 63.9 Å². The van der Waals surface area contributed by atoms with Crippen LogP contribution in [0.15, 0.2) is 33.5 Å². The minimum absolute atomic E-state index is 0.0411. The second-order valence-electron chi connectivity index (χ2n) is 9.39. The van der Waals surface area contributed by atoms with Crippen molar-refractivity contribution in [3.8, 4) is 5.69 Å². The number of nitrogens with one attached hydrogen (secondary N) is 1. The van der Waals surface area contributed by atoms with Gasteiger partial charge in [-0.2, -0.15) is 13.2 Å². The van der Waals surface area contributed by atoms with Gasteiger partial charge in [0, 0.05) is 16.5 Å². The van der Waals surface area contributed by atoms with Crippen molar-refractivity contribution in [2.45, 2.75) is 70.7 Å². The molecule has 1 aliphatic carbocycles. The van der Waals surface area contributed by atoms with Crippen molar-refractivity contribution in [3.63, 3.8) is 0 Å². The van der Waals surface area contributed by atoms with E-state index in [0.717, 1.165) is 0 Å². The fourth-order valence-corrected chi connectivity index (χ4v) is 4.43. The number of nitrogens with zero attached hydrogens (tertiary/aromatic N) is 2. The largest absolute Gasteiger partial charge is 0.443 e. The van der Waals surface area contributed by atoms with Gasteiger partial charge in [-0.3, -0.25) is 9.36 Å². The molecule has 2 aromatic rings. The van der Waals surface area contributed by atoms with E-state index < -0.39 is 29.3 Å². The molecule has 1 aromatic heterocycles. The van der Waals surface area contributed by atoms with E-state index >= 15 is 0 Å². The first kappa shape index (κ1) is 26.5. The molecule has 0 aliphatic heterocycles. The zero-order valence-corrected chi connectivity index (χ0v) is 21.4. The second kappa shape index (κ2) is 10.3. The summed E-state index contributed by atoms with van der Waals surface area (Å²) in [4.78, 5) is 30.0. The van der Waals surface area contributed by atoms with Gasteiger partial charge in [-0.25, -0.2) is 9.78 Å². The number of hydrogen-bond donors (Lipinski definition) is 1. The third-order valence-electron chi connectivity index (χ3n) is 5.58. The summed E-state index contributed by atoms with van der Waals surface area (Å²) in [6.45, 7) is 5.12. The molecule has 0 atom stereocenters. The number of alkyl halides is 3. The highest BCUT2D eigenvalue weighted by Crippen LogP contribution is 2.42. The number of alkyl carbamates (subject to hydrolysis) is 1. The smallest absolute Gasteiger partial charge is 0.407 e. The Balaban J connectivity index is 1.98. The molecule has 1 aliphatic rings. The van der Waals surface area contributed by atoms with Crippen molar-refractivity contribution in [2.24, 2.45) is 5.92 Å². The Hall–Kier alpha value is -2.07. The molecule has 34 heavy (non-hydrogen) atoms. The fraction of sp³-hybridized carbons (Fsp3) is 0.522. The predicted molar refractivity (Wildman–Crippen MR) is 126 cm³/mol. The molecule has 0 saturated heterocycles. The van der Waals surface area contributed by atoms with Crippen molar-refractivity contribution in [2.75, 3.05) is 0 Å². The summed E-state index contributed by atoms with van der Waals surface area (Å²) in [5.74, 6) is -1.39. The molecule has 0 unspecified atom stereocenters. The molecule has 0 bridgehead atoms. The van der Waals surface area contributed by atoms with Crippen LogP contribution in [-0.4, -0.2) is 27.4 Å². The molecular weight excluding hydrogens is 539 g/mol. The maximum absolute atomic E-state index is 13.3. The summed E-state index contributed by atoms with van der Waals surface area (Å²) in [5, 5.41) is 3.13. The lowest BCUT2D eigenvalue weighted by atomic mass is 9.81. The molecule has 0 radical (unpaired) electrons. The van der Waals surface area contributed by atoms with Crippen LogP contribution < -0.4 is 10.9 Å². The number of carbonyl (C=O) groups excluding carboxylic acids is 1. The van der Waals surface area contributed by atoms with E-state index in [4.69, 9.17) is 16.3 Å². The lowest BCUT2D eigenvalue weighted by Crippen LogP contribution is -2.41. The third kappa shape index (κ3) is 6.53. The number of rotatable bonds is 4. The zero-order valence-electron chi connectivity index (χ0n) is 19.0. The number of benzene rings is 1. The summed E-state index contributed by atoms with van der Waals surface area (Å²) in [7, 11) is 0. The Labute approximate surface area is 209 Å². The molecule has 1 amide bonds. The van der Waals surface area contributed by atoms with E-state index in [-0.39, 0.29) is 48.4 Å². The Morgan fingerprint density at radius 1 is 1.18 bits per heavy atom. The van der Waals surface area contributed by atoms with Crippen molar-refractivity contribution >= 4 is 33.6 Å². The monoisotopic (exact) mass is 563 g/mol. The van der Waals surface area contributed by atoms with Crippen LogP contribution in [0.3, 0.4) is 0 Å². The third-order valence-corrected chi connectivity index (χ3v) is 6.63. The van der Waals surface area contributed by atoms with Gasteiger partial charge in [-0.1, -0.05) is 11.6 Å². The molecule has 0 spiro atoms. The van der Waals surface area contributed by atoms with Crippen molar-refractivity contribution in [1.82, 2.24) is 14.9 Å². The molecule has 6 nitrogen and oxygen atoms in total. The summed E-state index contributed by atoms with van der Waals surface area (Å²) in [6, 6.07) is 6.54. The number of carbonyl (C=O) groups is 1. The van der Waals surface area contributed by atoms with E-state index in [1.165, 1.54) is 4.57 Å². The Morgan fingerprint density at radius 2 is 1.76 bits per heavy atom. The highest BCUT2D eigenvalue weighted by Gasteiger charge is 2.42. The highest BCUT2D eigenvalue weighted by molar-refractivity contribution is 9.10. The number of ether oxygens (including phenoxy) is 1. The molecule has 1 saturated carbocycles. The van der Waals surface area contributed by atoms with Crippen molar-refractivity contribution in [1.29, 1.82) is 0 Å². The van der Waals surface area contributed by atoms with E-state index in [1.807, 2.05) is 0 Å². The van der Waals surface area contributed by atoms with Gasteiger partial charge in [0.2, 0.25) is 0 Å². The minimum Gasteiger partial charge on any atom is -0.443 e. The summed E-state index contributed by atoms with van der Waals surface area (Å²) >= 11 is 9.25. The van der Waals surface area contributed by atoms with E-state index in [2.05, 4.69) is 26.2 Å². The summed E-state index contributed by atoms with van der Waals surface area (Å²) in [6.07, 6.45) is -4.53. The van der Waals surface area contributed by atoms with Crippen LogP contribution >= 0.6 is 27.5 Å². The second-order valence-corrected chi connectivity index (χ2v) is 10.6. The first-order valence-electron chi connectivity index (χ1n) is 10.8. The maximum atomic E-state index is 13.3. The highest BCUT2D eigenvalue weighted by atomic mass is 79.9. The summed E-state index contributed by atoms with van der Waals surface area (Å²) < 4.78 is 46.3. The van der Waals surface area contributed by atoms with Gasteiger partial charge < -0.3 is 10.1 Å². The first-order chi connectivity index (χ1) is 15.8. The first-order valence-corrected chi connectivity index (χ1v) is 12.0. The average molecular weight is 565 g/mol. The number of hydrogen-bond acceptors (Lipinski definition) is 4. The molecule has 3 rings (SSSR count). The Morgan fingerprint density at radius 3 is 2.29 bits per heavy atom. The van der Waals surface area contributed by atoms with Crippen molar-refractivity contribution < 1.29 is 22.7 Å². The van der Waals surface area contributed by atoms with Gasteiger partial charge in [-0.15, -0.1) is 0 Å². The predicted octanol–water partition coefficient (Wildman–Crippen LogP) is 6.51. The molecule has 1 fully saturated rings. The van der Waals surface area contributed by atoms with Crippen LogP contribution in [-0.2, 0) is 11.3 Å². The maximum Gasteiger partial charge on any atom is 0.407 e. The van der Waals surface area contributed by atoms with Crippen LogP contribution in [0.25, 0.3) is 5.69 Å². The van der Waals surface area contributed by atoms with Crippen molar-refractivity contribution in [3.05, 3.63) is 55.6 Å². The molecule has 1 aromatic carbocycles. The van der Waals surface area contributed by atoms with Crippen LogP contribution in [0.4, 0.5) is 18.0 Å². The number of aromatic nitrogens is 2. The van der Waals surface area contributed by atoms with Crippen LogP contribution in [0, 0.1) is 5.92 Å². The number of halogens is 5. The topological polar surface area (TPSA) is 73.2 Å². The molecular formula is C23H26BrClF3N3O3. The normalized spacial score (nSPS) is 19.1. The molecule has 1 N–H and O–H groups in total. The number of amides is 1. The van der Waals surface area contributed by atoms with Crippen LogP contribution in [0.2, 0.25) is 5.02 Å². The van der Waals surface area contributed by atoms with Gasteiger partial charge in [0.15, 0.2) is 0 Å². The van der Waals surface area contributed by atoms with Gasteiger partial charge in [0.05, 0.1) is 17.3 Å². The Kier molecular flexibility index (Phi) is 8.02. The zero-order chi connectivity index (χ0) is 25.3. The van der Waals surface area contributed by atoms with Gasteiger partial charge in [0.1, 0.15) is 16.9 Å². The quantitative estimate of drug-likeness (QED) is 0.460. The summed E-state index contributed by atoms with van der Waals surface area (Å²) in [5.41, 5.74) is -0.261. The van der Waals surface area contributed by atoms with E-state index in [1.54, 1.807) is 45.0 Å².